The molecule has 2 aliphatic heterocycles. The van der Waals surface area contributed by atoms with Crippen molar-refractivity contribution in [1.82, 2.24) is 9.80 Å². The Hall–Kier alpha value is -3.75. The van der Waals surface area contributed by atoms with Crippen LogP contribution in [0.5, 0.6) is 0 Å². The zero-order valence-electron chi connectivity index (χ0n) is 18.0. The van der Waals surface area contributed by atoms with Crippen molar-refractivity contribution in [3.05, 3.63) is 88.9 Å². The molecule has 0 bridgehead atoms. The van der Waals surface area contributed by atoms with Crippen LogP contribution in [-0.4, -0.2) is 53.8 Å². The van der Waals surface area contributed by atoms with E-state index < -0.39 is 11.8 Å². The molecule has 1 N–H and O–H groups in total. The van der Waals surface area contributed by atoms with Crippen LogP contribution in [-0.2, 0) is 17.8 Å². The SMILES string of the molecule is O=C(Nc1ccc(CN2CCOCC2)cc1)c1ccc2c(c1)C(=O)N(Cc1ccco1)C2=O. The summed E-state index contributed by atoms with van der Waals surface area (Å²) in [5.41, 5.74) is 2.64. The molecule has 8 nitrogen and oxygen atoms in total. The first-order chi connectivity index (χ1) is 16.1. The number of benzene rings is 2. The number of nitrogens with zero attached hydrogens (tertiary/aromatic N) is 2. The molecule has 3 aromatic rings. The predicted molar refractivity (Wildman–Crippen MR) is 120 cm³/mol. The summed E-state index contributed by atoms with van der Waals surface area (Å²) in [6, 6.07) is 15.7. The smallest absolute Gasteiger partial charge is 0.261 e. The number of imide groups is 1. The van der Waals surface area contributed by atoms with Gasteiger partial charge in [0.25, 0.3) is 17.7 Å². The van der Waals surface area contributed by atoms with Crippen molar-refractivity contribution in [2.45, 2.75) is 13.1 Å². The lowest BCUT2D eigenvalue weighted by molar-refractivity contribution is 0.0342. The minimum absolute atomic E-state index is 0.0533. The zero-order chi connectivity index (χ0) is 22.8. The van der Waals surface area contributed by atoms with E-state index in [0.717, 1.165) is 43.3 Å². The van der Waals surface area contributed by atoms with Crippen LogP contribution >= 0.6 is 0 Å². The fourth-order valence-electron chi connectivity index (χ4n) is 4.05. The number of anilines is 1. The first-order valence-electron chi connectivity index (χ1n) is 10.8. The highest BCUT2D eigenvalue weighted by Gasteiger charge is 2.36. The molecule has 0 saturated carbocycles. The molecule has 8 heteroatoms. The molecule has 0 spiro atoms. The van der Waals surface area contributed by atoms with E-state index in [1.54, 1.807) is 18.2 Å². The third-order valence-corrected chi connectivity index (χ3v) is 5.85. The Morgan fingerprint density at radius 1 is 0.909 bits per heavy atom. The lowest BCUT2D eigenvalue weighted by Gasteiger charge is -2.26. The molecule has 2 aromatic carbocycles. The molecule has 1 saturated heterocycles. The Balaban J connectivity index is 1.25. The third kappa shape index (κ3) is 4.44. The van der Waals surface area contributed by atoms with Crippen LogP contribution in [0.25, 0.3) is 0 Å². The van der Waals surface area contributed by atoms with Gasteiger partial charge in [-0.2, -0.15) is 0 Å². The van der Waals surface area contributed by atoms with Gasteiger partial charge in [-0.15, -0.1) is 0 Å². The number of hydrogen-bond donors (Lipinski definition) is 1. The van der Waals surface area contributed by atoms with E-state index in [1.165, 1.54) is 18.4 Å². The van der Waals surface area contributed by atoms with Gasteiger partial charge < -0.3 is 14.5 Å². The number of rotatable bonds is 6. The Bertz CT molecular complexity index is 1180. The van der Waals surface area contributed by atoms with Crippen molar-refractivity contribution in [1.29, 1.82) is 0 Å². The monoisotopic (exact) mass is 445 g/mol. The predicted octanol–water partition coefficient (Wildman–Crippen LogP) is 3.16. The van der Waals surface area contributed by atoms with Gasteiger partial charge in [-0.1, -0.05) is 12.1 Å². The van der Waals surface area contributed by atoms with Crippen molar-refractivity contribution >= 4 is 23.4 Å². The van der Waals surface area contributed by atoms with Crippen LogP contribution in [0.1, 0.15) is 42.4 Å². The lowest BCUT2D eigenvalue weighted by Crippen LogP contribution is -2.35. The number of carbonyl (C=O) groups excluding carboxylic acids is 3. The standard InChI is InChI=1S/C25H23N3O5/c29-23(26-19-6-3-17(4-7-19)15-27-9-12-32-13-10-27)18-5-8-21-22(14-18)25(31)28(24(21)30)16-20-2-1-11-33-20/h1-8,11,14H,9-10,12-13,15-16H2,(H,26,29). The average molecular weight is 445 g/mol. The molecule has 5 rings (SSSR count). The van der Waals surface area contributed by atoms with E-state index in [-0.39, 0.29) is 23.6 Å². The molecule has 3 amide bonds. The molecule has 0 aliphatic carbocycles. The van der Waals surface area contributed by atoms with Crippen molar-refractivity contribution < 1.29 is 23.5 Å². The highest BCUT2D eigenvalue weighted by molar-refractivity contribution is 6.22. The number of carbonyl (C=O) groups is 3. The minimum Gasteiger partial charge on any atom is -0.467 e. The van der Waals surface area contributed by atoms with Gasteiger partial charge in [0.15, 0.2) is 0 Å². The van der Waals surface area contributed by atoms with E-state index in [1.807, 2.05) is 24.3 Å². The Kier molecular flexibility index (Phi) is 5.77. The summed E-state index contributed by atoms with van der Waals surface area (Å²) in [6.07, 6.45) is 1.49. The molecule has 2 aliphatic rings. The number of hydrogen-bond acceptors (Lipinski definition) is 6. The van der Waals surface area contributed by atoms with Gasteiger partial charge in [0.2, 0.25) is 0 Å². The maximum Gasteiger partial charge on any atom is 0.261 e. The first kappa shape index (κ1) is 21.1. The second kappa shape index (κ2) is 9.01. The fourth-order valence-corrected chi connectivity index (χ4v) is 4.05. The highest BCUT2D eigenvalue weighted by Crippen LogP contribution is 2.26. The molecule has 1 fully saturated rings. The number of ether oxygens (including phenoxy) is 1. The second-order valence-electron chi connectivity index (χ2n) is 8.08. The van der Waals surface area contributed by atoms with Crippen molar-refractivity contribution in [3.8, 4) is 0 Å². The largest absolute Gasteiger partial charge is 0.467 e. The average Bonchev–Trinajstić information content (AvgIpc) is 3.44. The molecule has 0 atom stereocenters. The maximum absolute atomic E-state index is 12.8. The van der Waals surface area contributed by atoms with Crippen LogP contribution < -0.4 is 5.32 Å². The number of fused-ring (bicyclic) bond motifs is 1. The van der Waals surface area contributed by atoms with Crippen LogP contribution in [0.15, 0.2) is 65.3 Å². The quantitative estimate of drug-likeness (QED) is 0.586. The lowest BCUT2D eigenvalue weighted by atomic mass is 10.1. The summed E-state index contributed by atoms with van der Waals surface area (Å²) >= 11 is 0. The molecule has 3 heterocycles. The van der Waals surface area contributed by atoms with Gasteiger partial charge in [0.05, 0.1) is 37.1 Å². The van der Waals surface area contributed by atoms with Crippen LogP contribution in [0.4, 0.5) is 5.69 Å². The molecular formula is C25H23N3O5. The summed E-state index contributed by atoms with van der Waals surface area (Å²) in [5.74, 6) is -0.661. The summed E-state index contributed by atoms with van der Waals surface area (Å²) < 4.78 is 10.6. The topological polar surface area (TPSA) is 92.1 Å². The first-order valence-corrected chi connectivity index (χ1v) is 10.8. The van der Waals surface area contributed by atoms with E-state index in [4.69, 9.17) is 9.15 Å². The normalized spacial score (nSPS) is 16.2. The number of amides is 3. The molecule has 1 aromatic heterocycles. The molecule has 33 heavy (non-hydrogen) atoms. The van der Waals surface area contributed by atoms with E-state index in [9.17, 15) is 14.4 Å². The number of morpholine rings is 1. The summed E-state index contributed by atoms with van der Waals surface area (Å²) in [7, 11) is 0. The summed E-state index contributed by atoms with van der Waals surface area (Å²) in [5, 5.41) is 2.86. The summed E-state index contributed by atoms with van der Waals surface area (Å²) in [6.45, 7) is 4.23. The van der Waals surface area contributed by atoms with E-state index in [2.05, 4.69) is 10.2 Å². The van der Waals surface area contributed by atoms with Crippen LogP contribution in [0.2, 0.25) is 0 Å². The van der Waals surface area contributed by atoms with Gasteiger partial charge in [-0.3, -0.25) is 24.2 Å². The molecular weight excluding hydrogens is 422 g/mol. The fraction of sp³-hybridized carbons (Fsp3) is 0.240. The highest BCUT2D eigenvalue weighted by atomic mass is 16.5. The van der Waals surface area contributed by atoms with E-state index >= 15 is 0 Å². The van der Waals surface area contributed by atoms with Gasteiger partial charge >= 0.3 is 0 Å². The Labute approximate surface area is 190 Å². The van der Waals surface area contributed by atoms with Crippen LogP contribution in [0.3, 0.4) is 0 Å². The third-order valence-electron chi connectivity index (χ3n) is 5.85. The van der Waals surface area contributed by atoms with Crippen molar-refractivity contribution in [2.75, 3.05) is 31.6 Å². The van der Waals surface area contributed by atoms with E-state index in [0.29, 0.717) is 17.0 Å². The van der Waals surface area contributed by atoms with Gasteiger partial charge in [0, 0.05) is 30.9 Å². The van der Waals surface area contributed by atoms with Gasteiger partial charge in [0.1, 0.15) is 5.76 Å². The maximum atomic E-state index is 12.8. The zero-order valence-corrected chi connectivity index (χ0v) is 18.0. The van der Waals surface area contributed by atoms with Gasteiger partial charge in [-0.05, 0) is 48.0 Å². The van der Waals surface area contributed by atoms with Crippen molar-refractivity contribution in [3.63, 3.8) is 0 Å². The number of furan rings is 1. The Morgan fingerprint density at radius 3 is 2.39 bits per heavy atom. The Morgan fingerprint density at radius 2 is 1.67 bits per heavy atom. The minimum atomic E-state index is -0.437. The molecule has 0 radical (unpaired) electrons. The van der Waals surface area contributed by atoms with Crippen LogP contribution in [0, 0.1) is 0 Å². The second-order valence-corrected chi connectivity index (χ2v) is 8.08. The summed E-state index contributed by atoms with van der Waals surface area (Å²) in [4.78, 5) is 41.7. The molecule has 168 valence electrons. The molecule has 0 unspecified atom stereocenters. The van der Waals surface area contributed by atoms with Gasteiger partial charge in [-0.25, -0.2) is 0 Å². The van der Waals surface area contributed by atoms with Crippen molar-refractivity contribution in [2.24, 2.45) is 0 Å². The number of nitrogens with one attached hydrogen (secondary N) is 1.